The lowest BCUT2D eigenvalue weighted by Gasteiger charge is -2.15. The van der Waals surface area contributed by atoms with E-state index in [9.17, 15) is 8.42 Å². The normalized spacial score (nSPS) is 13.9. The Hall–Kier alpha value is -0.460. The van der Waals surface area contributed by atoms with Gasteiger partial charge in [0.1, 0.15) is 9.84 Å². The summed E-state index contributed by atoms with van der Waals surface area (Å²) in [5.41, 5.74) is 1.04. The number of likely N-dealkylation sites (N-methyl/N-ethyl adjacent to an activating group) is 1. The third-order valence-corrected chi connectivity index (χ3v) is 4.59. The molecule has 0 amide bonds. The van der Waals surface area contributed by atoms with Gasteiger partial charge in [-0.25, -0.2) is 13.4 Å². The van der Waals surface area contributed by atoms with Crippen molar-refractivity contribution in [3.8, 4) is 0 Å². The quantitative estimate of drug-likeness (QED) is 0.851. The first-order valence-corrected chi connectivity index (χ1v) is 8.53. The molecule has 0 spiro atoms. The molecule has 0 bridgehead atoms. The molecule has 0 saturated carbocycles. The second-order valence-electron chi connectivity index (χ2n) is 4.30. The van der Waals surface area contributed by atoms with Crippen LogP contribution in [-0.2, 0) is 16.3 Å². The van der Waals surface area contributed by atoms with Crippen LogP contribution in [0.2, 0.25) is 0 Å². The summed E-state index contributed by atoms with van der Waals surface area (Å²) in [7, 11) is -2.95. The number of rotatable bonds is 6. The molecular weight excluding hydrogens is 256 g/mol. The zero-order valence-electron chi connectivity index (χ0n) is 10.8. The van der Waals surface area contributed by atoms with E-state index in [4.69, 9.17) is 0 Å². The summed E-state index contributed by atoms with van der Waals surface area (Å²) in [5, 5.41) is 4.21. The monoisotopic (exact) mass is 276 g/mol. The first-order valence-electron chi connectivity index (χ1n) is 5.66. The molecule has 98 valence electrons. The van der Waals surface area contributed by atoms with E-state index in [1.807, 2.05) is 20.8 Å². The van der Waals surface area contributed by atoms with Crippen LogP contribution in [0.25, 0.3) is 0 Å². The topological polar surface area (TPSA) is 59.1 Å². The van der Waals surface area contributed by atoms with E-state index in [-0.39, 0.29) is 11.8 Å². The SMILES string of the molecule is CCNC(Cc1nc(C)c(C)s1)CS(C)(=O)=O. The lowest BCUT2D eigenvalue weighted by molar-refractivity contribution is 0.544. The molecule has 0 fully saturated rings. The van der Waals surface area contributed by atoms with Crippen LogP contribution in [0.4, 0.5) is 0 Å². The minimum atomic E-state index is -2.95. The maximum Gasteiger partial charge on any atom is 0.148 e. The Bertz CT molecular complexity index is 446. The summed E-state index contributed by atoms with van der Waals surface area (Å²) in [6, 6.07) is -0.0417. The number of aryl methyl sites for hydroxylation is 2. The summed E-state index contributed by atoms with van der Waals surface area (Å²) in [6.07, 6.45) is 1.95. The van der Waals surface area contributed by atoms with E-state index in [1.165, 1.54) is 11.1 Å². The highest BCUT2D eigenvalue weighted by molar-refractivity contribution is 7.90. The van der Waals surface area contributed by atoms with Crippen molar-refractivity contribution >= 4 is 21.2 Å². The number of sulfone groups is 1. The molecule has 17 heavy (non-hydrogen) atoms. The molecule has 1 rings (SSSR count). The van der Waals surface area contributed by atoms with Gasteiger partial charge in [0.15, 0.2) is 0 Å². The molecule has 0 aliphatic heterocycles. The second kappa shape index (κ2) is 5.93. The number of nitrogens with zero attached hydrogens (tertiary/aromatic N) is 1. The van der Waals surface area contributed by atoms with Crippen molar-refractivity contribution in [3.63, 3.8) is 0 Å². The molecule has 1 aromatic heterocycles. The number of thiazole rings is 1. The molecular formula is C11H20N2O2S2. The molecule has 4 nitrogen and oxygen atoms in total. The number of nitrogens with one attached hydrogen (secondary N) is 1. The van der Waals surface area contributed by atoms with Gasteiger partial charge in [0, 0.05) is 23.6 Å². The fourth-order valence-electron chi connectivity index (χ4n) is 1.68. The van der Waals surface area contributed by atoms with Crippen LogP contribution in [0.1, 0.15) is 22.5 Å². The van der Waals surface area contributed by atoms with Crippen LogP contribution in [0.3, 0.4) is 0 Å². The molecule has 1 heterocycles. The van der Waals surface area contributed by atoms with Gasteiger partial charge in [0.2, 0.25) is 0 Å². The zero-order valence-corrected chi connectivity index (χ0v) is 12.4. The third-order valence-electron chi connectivity index (χ3n) is 2.49. The van der Waals surface area contributed by atoms with Crippen molar-refractivity contribution in [2.75, 3.05) is 18.6 Å². The van der Waals surface area contributed by atoms with E-state index < -0.39 is 9.84 Å². The molecule has 0 aromatic carbocycles. The van der Waals surface area contributed by atoms with Gasteiger partial charge in [-0.2, -0.15) is 0 Å². The molecule has 6 heteroatoms. The number of hydrogen-bond donors (Lipinski definition) is 1. The maximum atomic E-state index is 11.3. The van der Waals surface area contributed by atoms with Crippen LogP contribution in [0.15, 0.2) is 0 Å². The summed E-state index contributed by atoms with van der Waals surface area (Å²) in [4.78, 5) is 5.65. The Kier molecular flexibility index (Phi) is 5.09. The Morgan fingerprint density at radius 2 is 2.06 bits per heavy atom. The lowest BCUT2D eigenvalue weighted by atomic mass is 10.2. The van der Waals surface area contributed by atoms with Gasteiger partial charge in [-0.3, -0.25) is 0 Å². The first kappa shape index (κ1) is 14.6. The van der Waals surface area contributed by atoms with Crippen molar-refractivity contribution in [1.82, 2.24) is 10.3 Å². The minimum absolute atomic E-state index is 0.0417. The summed E-state index contributed by atoms with van der Waals surface area (Å²) in [5.74, 6) is 0.165. The predicted molar refractivity (Wildman–Crippen MR) is 72.5 cm³/mol. The Morgan fingerprint density at radius 1 is 1.41 bits per heavy atom. The third kappa shape index (κ3) is 5.14. The van der Waals surface area contributed by atoms with Crippen LogP contribution in [-0.4, -0.2) is 38.0 Å². The van der Waals surface area contributed by atoms with Gasteiger partial charge >= 0.3 is 0 Å². The molecule has 0 aliphatic carbocycles. The molecule has 0 aliphatic rings. The second-order valence-corrected chi connectivity index (χ2v) is 7.77. The van der Waals surface area contributed by atoms with Crippen molar-refractivity contribution in [3.05, 3.63) is 15.6 Å². The highest BCUT2D eigenvalue weighted by Gasteiger charge is 2.17. The fourth-order valence-corrected chi connectivity index (χ4v) is 3.66. The largest absolute Gasteiger partial charge is 0.313 e. The highest BCUT2D eigenvalue weighted by atomic mass is 32.2. The van der Waals surface area contributed by atoms with Crippen molar-refractivity contribution < 1.29 is 8.42 Å². The van der Waals surface area contributed by atoms with Gasteiger partial charge < -0.3 is 5.32 Å². The van der Waals surface area contributed by atoms with E-state index in [0.29, 0.717) is 6.42 Å². The predicted octanol–water partition coefficient (Wildman–Crippen LogP) is 1.33. The first-order chi connectivity index (χ1) is 7.81. The maximum absolute atomic E-state index is 11.3. The van der Waals surface area contributed by atoms with Crippen LogP contribution < -0.4 is 5.32 Å². The fraction of sp³-hybridized carbons (Fsp3) is 0.727. The summed E-state index contributed by atoms with van der Waals surface area (Å²) >= 11 is 1.65. The Balaban J connectivity index is 2.72. The van der Waals surface area contributed by atoms with Gasteiger partial charge in [0.05, 0.1) is 16.5 Å². The minimum Gasteiger partial charge on any atom is -0.313 e. The molecule has 1 unspecified atom stereocenters. The van der Waals surface area contributed by atoms with E-state index >= 15 is 0 Å². The zero-order chi connectivity index (χ0) is 13.1. The van der Waals surface area contributed by atoms with Crippen LogP contribution >= 0.6 is 11.3 Å². The molecule has 0 saturated heterocycles. The van der Waals surface area contributed by atoms with Crippen LogP contribution in [0.5, 0.6) is 0 Å². The Morgan fingerprint density at radius 3 is 2.47 bits per heavy atom. The average Bonchev–Trinajstić information content (AvgIpc) is 2.43. The summed E-state index contributed by atoms with van der Waals surface area (Å²) < 4.78 is 22.6. The van der Waals surface area contributed by atoms with Crippen molar-refractivity contribution in [2.24, 2.45) is 0 Å². The molecule has 1 N–H and O–H groups in total. The summed E-state index contributed by atoms with van der Waals surface area (Å²) in [6.45, 7) is 6.76. The molecule has 0 radical (unpaired) electrons. The van der Waals surface area contributed by atoms with Crippen molar-refractivity contribution in [1.29, 1.82) is 0 Å². The lowest BCUT2D eigenvalue weighted by Crippen LogP contribution is -2.37. The Labute approximate surface area is 107 Å². The van der Waals surface area contributed by atoms with E-state index in [2.05, 4.69) is 10.3 Å². The number of hydrogen-bond acceptors (Lipinski definition) is 5. The van der Waals surface area contributed by atoms with Gasteiger partial charge in [-0.1, -0.05) is 6.92 Å². The standard InChI is InChI=1S/C11H20N2O2S2/c1-5-12-10(7-17(4,14)15)6-11-13-8(2)9(3)16-11/h10,12H,5-7H2,1-4H3. The smallest absolute Gasteiger partial charge is 0.148 e. The van der Waals surface area contributed by atoms with E-state index in [0.717, 1.165) is 17.2 Å². The van der Waals surface area contributed by atoms with Gasteiger partial charge in [0.25, 0.3) is 0 Å². The highest BCUT2D eigenvalue weighted by Crippen LogP contribution is 2.18. The van der Waals surface area contributed by atoms with E-state index in [1.54, 1.807) is 11.3 Å². The molecule has 1 atom stereocenters. The van der Waals surface area contributed by atoms with Gasteiger partial charge in [-0.15, -0.1) is 11.3 Å². The number of aromatic nitrogens is 1. The molecule has 1 aromatic rings. The van der Waals surface area contributed by atoms with Crippen LogP contribution in [0, 0.1) is 13.8 Å². The average molecular weight is 276 g/mol. The van der Waals surface area contributed by atoms with Gasteiger partial charge in [-0.05, 0) is 20.4 Å². The van der Waals surface area contributed by atoms with Crippen molar-refractivity contribution in [2.45, 2.75) is 33.2 Å².